The van der Waals surface area contributed by atoms with Crippen LogP contribution in [0.5, 0.6) is 11.5 Å². The number of benzene rings is 1. The van der Waals surface area contributed by atoms with Gasteiger partial charge >= 0.3 is 5.97 Å². The number of carboxylic acid groups (broad SMARTS) is 1. The Morgan fingerprint density at radius 3 is 2.43 bits per heavy atom. The lowest BCUT2D eigenvalue weighted by Crippen LogP contribution is -2.34. The zero-order chi connectivity index (χ0) is 15.6. The molecule has 1 aromatic carbocycles. The molecule has 1 fully saturated rings. The molecule has 1 aliphatic carbocycles. The molecule has 0 amide bonds. The molecule has 1 aliphatic rings. The first-order chi connectivity index (χ1) is 9.92. The molecule has 1 saturated carbocycles. The summed E-state index contributed by atoms with van der Waals surface area (Å²) in [5.41, 5.74) is -0.419. The number of rotatable bonds is 5. The molecule has 21 heavy (non-hydrogen) atoms. The first kappa shape index (κ1) is 16.0. The minimum absolute atomic E-state index is 0.0941. The lowest BCUT2D eigenvalue weighted by atomic mass is 9.78. The molecule has 0 atom stereocenters. The van der Waals surface area contributed by atoms with E-state index in [1.807, 2.05) is 13.8 Å². The van der Waals surface area contributed by atoms with Gasteiger partial charge in [0.15, 0.2) is 11.5 Å². The summed E-state index contributed by atoms with van der Waals surface area (Å²) in [6.07, 6.45) is 2.80. The van der Waals surface area contributed by atoms with E-state index in [0.717, 1.165) is 12.8 Å². The maximum absolute atomic E-state index is 12.0. The highest BCUT2D eigenvalue weighted by atomic mass is 35.5. The summed E-state index contributed by atoms with van der Waals surface area (Å²) < 4.78 is 11.2. The van der Waals surface area contributed by atoms with Gasteiger partial charge in [-0.2, -0.15) is 0 Å². The van der Waals surface area contributed by atoms with Crippen molar-refractivity contribution in [2.24, 2.45) is 0 Å². The zero-order valence-corrected chi connectivity index (χ0v) is 13.4. The average Bonchev–Trinajstić information content (AvgIpc) is 2.89. The largest absolute Gasteiger partial charge is 0.493 e. The van der Waals surface area contributed by atoms with Crippen molar-refractivity contribution in [3.8, 4) is 11.5 Å². The summed E-state index contributed by atoms with van der Waals surface area (Å²) in [6, 6.07) is 3.40. The molecule has 0 aromatic heterocycles. The Morgan fingerprint density at radius 2 is 1.95 bits per heavy atom. The standard InChI is InChI=1S/C16H21ClO4/c1-10(2)21-14-12(20-3)7-6-11(17)13(14)16(15(18)19)8-4-5-9-16/h6-7,10H,4-5,8-9H2,1-3H3,(H,18,19). The van der Waals surface area contributed by atoms with Crippen LogP contribution >= 0.6 is 11.6 Å². The van der Waals surface area contributed by atoms with Gasteiger partial charge in [0.05, 0.1) is 18.6 Å². The second-order valence-corrected chi connectivity index (χ2v) is 6.12. The van der Waals surface area contributed by atoms with E-state index in [-0.39, 0.29) is 6.10 Å². The predicted octanol–water partition coefficient (Wildman–Crippen LogP) is 4.03. The highest BCUT2D eigenvalue weighted by Crippen LogP contribution is 2.51. The van der Waals surface area contributed by atoms with Crippen molar-refractivity contribution < 1.29 is 19.4 Å². The summed E-state index contributed by atoms with van der Waals surface area (Å²) in [4.78, 5) is 12.0. The predicted molar refractivity (Wildman–Crippen MR) is 81.5 cm³/mol. The van der Waals surface area contributed by atoms with Crippen LogP contribution < -0.4 is 9.47 Å². The van der Waals surface area contributed by atoms with Gasteiger partial charge in [0.25, 0.3) is 0 Å². The van der Waals surface area contributed by atoms with Crippen LogP contribution in [-0.4, -0.2) is 24.3 Å². The number of methoxy groups -OCH3 is 1. The van der Waals surface area contributed by atoms with Gasteiger partial charge in [0, 0.05) is 10.6 Å². The Bertz CT molecular complexity index is 533. The van der Waals surface area contributed by atoms with E-state index in [4.69, 9.17) is 21.1 Å². The summed E-state index contributed by atoms with van der Waals surface area (Å²) in [5.74, 6) is 0.142. The number of halogens is 1. The van der Waals surface area contributed by atoms with Gasteiger partial charge in [-0.1, -0.05) is 24.4 Å². The molecule has 0 radical (unpaired) electrons. The zero-order valence-electron chi connectivity index (χ0n) is 12.6. The molecule has 5 heteroatoms. The first-order valence-corrected chi connectivity index (χ1v) is 7.57. The number of carboxylic acids is 1. The lowest BCUT2D eigenvalue weighted by Gasteiger charge is -2.29. The topological polar surface area (TPSA) is 55.8 Å². The molecule has 1 N–H and O–H groups in total. The maximum Gasteiger partial charge on any atom is 0.314 e. The second-order valence-electron chi connectivity index (χ2n) is 5.71. The molecule has 0 spiro atoms. The average molecular weight is 313 g/mol. The summed E-state index contributed by atoms with van der Waals surface area (Å²) in [5, 5.41) is 10.2. The van der Waals surface area contributed by atoms with E-state index in [1.54, 1.807) is 19.2 Å². The second kappa shape index (κ2) is 6.14. The number of hydrogen-bond donors (Lipinski definition) is 1. The molecular formula is C16H21ClO4. The van der Waals surface area contributed by atoms with E-state index < -0.39 is 11.4 Å². The summed E-state index contributed by atoms with van der Waals surface area (Å²) in [6.45, 7) is 3.79. The molecule has 1 aromatic rings. The summed E-state index contributed by atoms with van der Waals surface area (Å²) in [7, 11) is 1.54. The van der Waals surface area contributed by atoms with Crippen LogP contribution in [0.3, 0.4) is 0 Å². The van der Waals surface area contributed by atoms with Crippen molar-refractivity contribution in [2.45, 2.75) is 51.0 Å². The smallest absolute Gasteiger partial charge is 0.314 e. The number of ether oxygens (including phenoxy) is 2. The van der Waals surface area contributed by atoms with E-state index in [9.17, 15) is 9.90 Å². The minimum Gasteiger partial charge on any atom is -0.493 e. The molecular weight excluding hydrogens is 292 g/mol. The molecule has 0 bridgehead atoms. The summed E-state index contributed by atoms with van der Waals surface area (Å²) >= 11 is 6.36. The van der Waals surface area contributed by atoms with Crippen LogP contribution in [0.4, 0.5) is 0 Å². The highest BCUT2D eigenvalue weighted by Gasteiger charge is 2.47. The van der Waals surface area contributed by atoms with Gasteiger partial charge in [-0.25, -0.2) is 0 Å². The van der Waals surface area contributed by atoms with Gasteiger partial charge < -0.3 is 14.6 Å². The van der Waals surface area contributed by atoms with Gasteiger partial charge in [-0.3, -0.25) is 4.79 Å². The van der Waals surface area contributed by atoms with Gasteiger partial charge in [0.2, 0.25) is 0 Å². The third kappa shape index (κ3) is 2.82. The fourth-order valence-corrected chi connectivity index (χ4v) is 3.38. The van der Waals surface area contributed by atoms with Crippen molar-refractivity contribution in [2.75, 3.05) is 7.11 Å². The van der Waals surface area contributed by atoms with Crippen LogP contribution in [0, 0.1) is 0 Å². The Kier molecular flexibility index (Phi) is 4.67. The number of carbonyl (C=O) groups is 1. The fourth-order valence-electron chi connectivity index (χ4n) is 3.05. The van der Waals surface area contributed by atoms with Crippen molar-refractivity contribution in [3.05, 3.63) is 22.7 Å². The van der Waals surface area contributed by atoms with Crippen molar-refractivity contribution in [3.63, 3.8) is 0 Å². The van der Waals surface area contributed by atoms with Gasteiger partial charge in [-0.15, -0.1) is 0 Å². The molecule has 116 valence electrons. The number of aliphatic carboxylic acids is 1. The van der Waals surface area contributed by atoms with E-state index in [2.05, 4.69) is 0 Å². The van der Waals surface area contributed by atoms with Gasteiger partial charge in [-0.05, 0) is 38.8 Å². The van der Waals surface area contributed by atoms with Crippen LogP contribution in [0.1, 0.15) is 45.1 Å². The normalized spacial score (nSPS) is 17.0. The van der Waals surface area contributed by atoms with Crippen molar-refractivity contribution >= 4 is 17.6 Å². The molecule has 0 aliphatic heterocycles. The van der Waals surface area contributed by atoms with Crippen molar-refractivity contribution in [1.82, 2.24) is 0 Å². The monoisotopic (exact) mass is 312 g/mol. The Balaban J connectivity index is 2.67. The van der Waals surface area contributed by atoms with E-state index in [0.29, 0.717) is 34.9 Å². The molecule has 0 heterocycles. The Morgan fingerprint density at radius 1 is 1.33 bits per heavy atom. The maximum atomic E-state index is 12.0. The molecule has 0 unspecified atom stereocenters. The molecule has 0 saturated heterocycles. The van der Waals surface area contributed by atoms with Crippen LogP contribution in [0.25, 0.3) is 0 Å². The third-order valence-electron chi connectivity index (χ3n) is 3.99. The molecule has 4 nitrogen and oxygen atoms in total. The minimum atomic E-state index is -0.976. The fraction of sp³-hybridized carbons (Fsp3) is 0.562. The first-order valence-electron chi connectivity index (χ1n) is 7.19. The van der Waals surface area contributed by atoms with Crippen molar-refractivity contribution in [1.29, 1.82) is 0 Å². The van der Waals surface area contributed by atoms with E-state index >= 15 is 0 Å². The SMILES string of the molecule is COc1ccc(Cl)c(C2(C(=O)O)CCCC2)c1OC(C)C. The van der Waals surface area contributed by atoms with Crippen LogP contribution in [0.2, 0.25) is 5.02 Å². The van der Waals surface area contributed by atoms with Crippen LogP contribution in [-0.2, 0) is 10.2 Å². The lowest BCUT2D eigenvalue weighted by molar-refractivity contribution is -0.143. The van der Waals surface area contributed by atoms with E-state index in [1.165, 1.54) is 0 Å². The highest BCUT2D eigenvalue weighted by molar-refractivity contribution is 6.32. The Labute approximate surface area is 130 Å². The quantitative estimate of drug-likeness (QED) is 0.891. The molecule has 2 rings (SSSR count). The Hall–Kier alpha value is -1.42. The van der Waals surface area contributed by atoms with Gasteiger partial charge in [0.1, 0.15) is 0 Å². The number of hydrogen-bond acceptors (Lipinski definition) is 3. The third-order valence-corrected chi connectivity index (χ3v) is 4.30. The van der Waals surface area contributed by atoms with Crippen LogP contribution in [0.15, 0.2) is 12.1 Å².